The van der Waals surface area contributed by atoms with E-state index in [4.69, 9.17) is 0 Å². The van der Waals surface area contributed by atoms with Crippen molar-refractivity contribution in [2.75, 3.05) is 6.61 Å². The molecule has 0 spiro atoms. The molecule has 1 N–H and O–H groups in total. The first-order valence-corrected chi connectivity index (χ1v) is 5.71. The average molecular weight is 260 g/mol. The van der Waals surface area contributed by atoms with E-state index in [0.29, 0.717) is 5.69 Å². The smallest absolute Gasteiger partial charge is 0.379 e. The fourth-order valence-electron chi connectivity index (χ4n) is 1.64. The summed E-state index contributed by atoms with van der Waals surface area (Å²) in [5.41, 5.74) is 0.367. The van der Waals surface area contributed by atoms with Crippen molar-refractivity contribution in [2.24, 2.45) is 0 Å². The van der Waals surface area contributed by atoms with Crippen molar-refractivity contribution < 1.29 is 14.3 Å². The SMILES string of the molecule is CCOC(=O)C(=O)c1cccc(-n2cc[nH]c2=O)c1. The van der Waals surface area contributed by atoms with Gasteiger partial charge < -0.3 is 9.72 Å². The van der Waals surface area contributed by atoms with Crippen molar-refractivity contribution in [1.29, 1.82) is 0 Å². The number of ketones is 1. The molecule has 0 unspecified atom stereocenters. The molecule has 0 saturated carbocycles. The van der Waals surface area contributed by atoms with E-state index >= 15 is 0 Å². The summed E-state index contributed by atoms with van der Waals surface area (Å²) in [7, 11) is 0. The largest absolute Gasteiger partial charge is 0.460 e. The lowest BCUT2D eigenvalue weighted by Gasteiger charge is -2.04. The number of hydrogen-bond donors (Lipinski definition) is 1. The van der Waals surface area contributed by atoms with E-state index in [0.717, 1.165) is 0 Å². The molecule has 1 aromatic heterocycles. The van der Waals surface area contributed by atoms with Crippen LogP contribution in [-0.2, 0) is 9.53 Å². The number of esters is 1. The fourth-order valence-corrected chi connectivity index (χ4v) is 1.64. The predicted octanol–water partition coefficient (Wildman–Crippen LogP) is 0.911. The molecule has 0 aliphatic heterocycles. The molecular weight excluding hydrogens is 248 g/mol. The van der Waals surface area contributed by atoms with Gasteiger partial charge in [0.1, 0.15) is 0 Å². The number of aromatic amines is 1. The summed E-state index contributed by atoms with van der Waals surface area (Å²) in [6.07, 6.45) is 3.03. The molecule has 1 heterocycles. The van der Waals surface area contributed by atoms with E-state index in [9.17, 15) is 14.4 Å². The molecule has 0 radical (unpaired) electrons. The van der Waals surface area contributed by atoms with Gasteiger partial charge in [-0.2, -0.15) is 0 Å². The summed E-state index contributed by atoms with van der Waals surface area (Å²) in [5.74, 6) is -1.63. The minimum Gasteiger partial charge on any atom is -0.460 e. The average Bonchev–Trinajstić information content (AvgIpc) is 2.84. The Balaban J connectivity index is 2.35. The number of aromatic nitrogens is 2. The predicted molar refractivity (Wildman–Crippen MR) is 67.4 cm³/mol. The van der Waals surface area contributed by atoms with Gasteiger partial charge in [0.05, 0.1) is 12.3 Å². The topological polar surface area (TPSA) is 81.2 Å². The zero-order valence-corrected chi connectivity index (χ0v) is 10.3. The van der Waals surface area contributed by atoms with Crippen molar-refractivity contribution in [3.63, 3.8) is 0 Å². The highest BCUT2D eigenvalue weighted by Crippen LogP contribution is 2.10. The third-order valence-electron chi connectivity index (χ3n) is 2.50. The van der Waals surface area contributed by atoms with Crippen molar-refractivity contribution >= 4 is 11.8 Å². The molecule has 0 bridgehead atoms. The highest BCUT2D eigenvalue weighted by Gasteiger charge is 2.17. The van der Waals surface area contributed by atoms with Crippen LogP contribution in [0.4, 0.5) is 0 Å². The lowest BCUT2D eigenvalue weighted by molar-refractivity contribution is -0.137. The van der Waals surface area contributed by atoms with Crippen LogP contribution in [0.1, 0.15) is 17.3 Å². The summed E-state index contributed by atoms with van der Waals surface area (Å²) in [6.45, 7) is 1.77. The molecule has 0 fully saturated rings. The number of Topliss-reactive ketones (excluding diaryl/α,β-unsaturated/α-hetero) is 1. The number of carbonyl (C=O) groups excluding carboxylic acids is 2. The Morgan fingerprint density at radius 1 is 1.37 bits per heavy atom. The Bertz CT molecular complexity index is 669. The molecule has 6 nitrogen and oxygen atoms in total. The number of rotatable bonds is 4. The molecule has 19 heavy (non-hydrogen) atoms. The van der Waals surface area contributed by atoms with E-state index in [1.165, 1.54) is 29.1 Å². The van der Waals surface area contributed by atoms with E-state index in [-0.39, 0.29) is 17.9 Å². The first kappa shape index (κ1) is 12.8. The maximum atomic E-state index is 11.8. The van der Waals surface area contributed by atoms with Crippen molar-refractivity contribution in [1.82, 2.24) is 9.55 Å². The molecule has 2 rings (SSSR count). The molecule has 0 aliphatic rings. The quantitative estimate of drug-likeness (QED) is 0.503. The second-order valence-electron chi connectivity index (χ2n) is 3.74. The number of nitrogens with one attached hydrogen (secondary N) is 1. The standard InChI is InChI=1S/C13H12N2O4/c1-2-19-12(17)11(16)9-4-3-5-10(8-9)15-7-6-14-13(15)18/h3-8H,2H2,1H3,(H,14,18). The van der Waals surface area contributed by atoms with Gasteiger partial charge >= 0.3 is 11.7 Å². The van der Waals surface area contributed by atoms with Gasteiger partial charge in [0.15, 0.2) is 0 Å². The second-order valence-corrected chi connectivity index (χ2v) is 3.74. The number of hydrogen-bond acceptors (Lipinski definition) is 4. The highest BCUT2D eigenvalue weighted by molar-refractivity contribution is 6.40. The second kappa shape index (κ2) is 5.34. The minimum atomic E-state index is -0.902. The summed E-state index contributed by atoms with van der Waals surface area (Å²) < 4.78 is 5.98. The summed E-state index contributed by atoms with van der Waals surface area (Å²) >= 11 is 0. The Morgan fingerprint density at radius 3 is 2.79 bits per heavy atom. The minimum absolute atomic E-state index is 0.140. The molecular formula is C13H12N2O4. The molecule has 0 atom stereocenters. The Morgan fingerprint density at radius 2 is 2.16 bits per heavy atom. The number of nitrogens with zero attached hydrogens (tertiary/aromatic N) is 1. The van der Waals surface area contributed by atoms with Crippen LogP contribution in [0.3, 0.4) is 0 Å². The lowest BCUT2D eigenvalue weighted by atomic mass is 10.1. The van der Waals surface area contributed by atoms with Gasteiger partial charge in [-0.15, -0.1) is 0 Å². The van der Waals surface area contributed by atoms with Gasteiger partial charge in [0.2, 0.25) is 0 Å². The van der Waals surface area contributed by atoms with Crippen LogP contribution in [-0.4, -0.2) is 27.9 Å². The molecule has 2 aromatic rings. The van der Waals surface area contributed by atoms with Gasteiger partial charge in [0.25, 0.3) is 5.78 Å². The van der Waals surface area contributed by atoms with Gasteiger partial charge in [-0.1, -0.05) is 12.1 Å². The van der Waals surface area contributed by atoms with Gasteiger partial charge in [0, 0.05) is 18.0 Å². The van der Waals surface area contributed by atoms with E-state index in [2.05, 4.69) is 9.72 Å². The van der Waals surface area contributed by atoms with Crippen molar-refractivity contribution in [2.45, 2.75) is 6.92 Å². The normalized spacial score (nSPS) is 10.2. The summed E-state index contributed by atoms with van der Waals surface area (Å²) in [4.78, 5) is 37.1. The molecule has 1 aromatic carbocycles. The Kier molecular flexibility index (Phi) is 3.61. The fraction of sp³-hybridized carbons (Fsp3) is 0.154. The van der Waals surface area contributed by atoms with Crippen LogP contribution < -0.4 is 5.69 Å². The zero-order valence-electron chi connectivity index (χ0n) is 10.3. The van der Waals surface area contributed by atoms with Crippen LogP contribution in [0, 0.1) is 0 Å². The maximum absolute atomic E-state index is 11.8. The van der Waals surface area contributed by atoms with Crippen LogP contribution in [0.2, 0.25) is 0 Å². The molecule has 98 valence electrons. The maximum Gasteiger partial charge on any atom is 0.379 e. The van der Waals surface area contributed by atoms with Crippen LogP contribution in [0.25, 0.3) is 5.69 Å². The number of H-pyrrole nitrogens is 1. The van der Waals surface area contributed by atoms with Gasteiger partial charge in [-0.05, 0) is 19.1 Å². The lowest BCUT2D eigenvalue weighted by Crippen LogP contribution is -2.18. The number of benzene rings is 1. The zero-order chi connectivity index (χ0) is 13.8. The number of carbonyl (C=O) groups is 2. The van der Waals surface area contributed by atoms with Gasteiger partial charge in [-0.25, -0.2) is 9.59 Å². The Labute approximate surface area is 108 Å². The molecule has 0 saturated heterocycles. The number of ether oxygens (including phenoxy) is 1. The first-order valence-electron chi connectivity index (χ1n) is 5.71. The molecule has 0 aliphatic carbocycles. The summed E-state index contributed by atoms with van der Waals surface area (Å²) in [5, 5.41) is 0. The van der Waals surface area contributed by atoms with E-state index in [1.807, 2.05) is 0 Å². The van der Waals surface area contributed by atoms with Gasteiger partial charge in [-0.3, -0.25) is 9.36 Å². The highest BCUT2D eigenvalue weighted by atomic mass is 16.5. The third kappa shape index (κ3) is 2.62. The van der Waals surface area contributed by atoms with Crippen LogP contribution in [0.15, 0.2) is 41.5 Å². The Hall–Kier alpha value is -2.63. The summed E-state index contributed by atoms with van der Waals surface area (Å²) in [6, 6.07) is 6.23. The van der Waals surface area contributed by atoms with E-state index < -0.39 is 11.8 Å². The monoisotopic (exact) mass is 260 g/mol. The van der Waals surface area contributed by atoms with Crippen molar-refractivity contribution in [3.05, 3.63) is 52.7 Å². The molecule has 0 amide bonds. The van der Waals surface area contributed by atoms with E-state index in [1.54, 1.807) is 19.1 Å². The van der Waals surface area contributed by atoms with Crippen LogP contribution >= 0.6 is 0 Å². The van der Waals surface area contributed by atoms with Crippen LogP contribution in [0.5, 0.6) is 0 Å². The van der Waals surface area contributed by atoms with Crippen molar-refractivity contribution in [3.8, 4) is 5.69 Å². The first-order chi connectivity index (χ1) is 9.13. The number of imidazole rings is 1. The molecule has 6 heteroatoms. The third-order valence-corrected chi connectivity index (χ3v) is 2.50.